The van der Waals surface area contributed by atoms with Gasteiger partial charge in [-0.2, -0.15) is 0 Å². The maximum atomic E-state index is 11.4. The third-order valence-corrected chi connectivity index (χ3v) is 3.78. The third kappa shape index (κ3) is 15.4. The summed E-state index contributed by atoms with van der Waals surface area (Å²) in [7, 11) is -2.89. The molecule has 0 bridgehead atoms. The van der Waals surface area contributed by atoms with Crippen LogP contribution in [0.2, 0.25) is 0 Å². The zero-order valence-electron chi connectivity index (χ0n) is 12.1. The minimum absolute atomic E-state index is 0.158. The van der Waals surface area contributed by atoms with E-state index in [2.05, 4.69) is 12.8 Å². The first-order chi connectivity index (χ1) is 8.95. The summed E-state index contributed by atoms with van der Waals surface area (Å²) in [6.45, 7) is 2.52. The van der Waals surface area contributed by atoms with Crippen molar-refractivity contribution in [2.45, 2.75) is 64.7 Å². The number of rotatable bonds is 12. The Kier molecular flexibility index (Phi) is 11.0. The van der Waals surface area contributed by atoms with Gasteiger partial charge in [0, 0.05) is 12.2 Å². The fourth-order valence-electron chi connectivity index (χ4n) is 1.74. The molecule has 1 atom stereocenters. The molecule has 0 radical (unpaired) electrons. The van der Waals surface area contributed by atoms with Crippen LogP contribution in [0, 0.1) is 0 Å². The summed E-state index contributed by atoms with van der Waals surface area (Å²) >= 11 is 0. The van der Waals surface area contributed by atoms with E-state index in [1.807, 2.05) is 0 Å². The van der Waals surface area contributed by atoms with Gasteiger partial charge in [-0.1, -0.05) is 39.0 Å². The molecule has 0 fully saturated rings. The van der Waals surface area contributed by atoms with Crippen LogP contribution in [0.4, 0.5) is 0 Å². The van der Waals surface area contributed by atoms with E-state index in [0.717, 1.165) is 12.8 Å². The second-order valence-electron chi connectivity index (χ2n) is 4.92. The Labute approximate surface area is 117 Å². The minimum atomic E-state index is -2.89. The summed E-state index contributed by atoms with van der Waals surface area (Å²) in [6, 6.07) is 0. The zero-order valence-corrected chi connectivity index (χ0v) is 12.9. The molecule has 1 unspecified atom stereocenters. The van der Waals surface area contributed by atoms with Crippen molar-refractivity contribution in [2.75, 3.05) is 12.4 Å². The first-order valence-corrected chi connectivity index (χ1v) is 9.04. The van der Waals surface area contributed by atoms with E-state index >= 15 is 0 Å². The zero-order chi connectivity index (χ0) is 14.6. The SMILES string of the molecule is C=S(=O)(O)CCCCOC(=O)CCCCCCCC. The average molecular weight is 292 g/mol. The van der Waals surface area contributed by atoms with Crippen LogP contribution < -0.4 is 0 Å². The van der Waals surface area contributed by atoms with Gasteiger partial charge in [-0.25, -0.2) is 4.21 Å². The number of carbonyl (C=O) groups excluding carboxylic acids is 1. The fraction of sp³-hybridized carbons (Fsp3) is 0.857. The lowest BCUT2D eigenvalue weighted by molar-refractivity contribution is -0.143. The smallest absolute Gasteiger partial charge is 0.305 e. The standard InChI is InChI=1S/C14H28O4S/c1-3-4-5-6-7-8-11-14(15)18-12-9-10-13-19(2,16)17/h2-13H2,1H3,(H,16,17). The monoisotopic (exact) mass is 292 g/mol. The molecule has 1 N–H and O–H groups in total. The molecule has 0 aromatic heterocycles. The highest BCUT2D eigenvalue weighted by atomic mass is 32.2. The number of hydrogen-bond donors (Lipinski definition) is 1. The second kappa shape index (κ2) is 11.3. The van der Waals surface area contributed by atoms with Crippen LogP contribution in [0.5, 0.6) is 0 Å². The molecular weight excluding hydrogens is 264 g/mol. The molecule has 0 aliphatic heterocycles. The minimum Gasteiger partial charge on any atom is -0.466 e. The Balaban J connectivity index is 3.30. The lowest BCUT2D eigenvalue weighted by Crippen LogP contribution is -2.08. The van der Waals surface area contributed by atoms with Crippen molar-refractivity contribution in [1.29, 1.82) is 0 Å². The molecule has 114 valence electrons. The van der Waals surface area contributed by atoms with Gasteiger partial charge < -0.3 is 9.29 Å². The maximum absolute atomic E-state index is 11.4. The van der Waals surface area contributed by atoms with Crippen molar-refractivity contribution < 1.29 is 18.3 Å². The molecule has 19 heavy (non-hydrogen) atoms. The number of unbranched alkanes of at least 4 members (excludes halogenated alkanes) is 6. The van der Waals surface area contributed by atoms with Gasteiger partial charge in [0.15, 0.2) is 0 Å². The Morgan fingerprint density at radius 1 is 1.11 bits per heavy atom. The number of hydrogen-bond acceptors (Lipinski definition) is 3. The van der Waals surface area contributed by atoms with E-state index < -0.39 is 9.80 Å². The number of esters is 1. The van der Waals surface area contributed by atoms with Crippen molar-refractivity contribution >= 4 is 21.6 Å². The Hall–Kier alpha value is -0.550. The lowest BCUT2D eigenvalue weighted by Gasteiger charge is -2.05. The summed E-state index contributed by atoms with van der Waals surface area (Å²) in [6.07, 6.45) is 8.58. The van der Waals surface area contributed by atoms with Crippen molar-refractivity contribution in [3.63, 3.8) is 0 Å². The molecule has 0 amide bonds. The predicted molar refractivity (Wildman–Crippen MR) is 80.9 cm³/mol. The molecule has 0 aliphatic rings. The highest BCUT2D eigenvalue weighted by Gasteiger charge is 2.03. The topological polar surface area (TPSA) is 63.6 Å². The highest BCUT2D eigenvalue weighted by Crippen LogP contribution is 2.07. The molecule has 0 saturated heterocycles. The van der Waals surface area contributed by atoms with E-state index in [1.54, 1.807) is 0 Å². The van der Waals surface area contributed by atoms with Crippen molar-refractivity contribution in [3.8, 4) is 0 Å². The molecule has 0 aliphatic carbocycles. The van der Waals surface area contributed by atoms with Gasteiger partial charge in [0.2, 0.25) is 0 Å². The first kappa shape index (κ1) is 18.4. The summed E-state index contributed by atoms with van der Waals surface area (Å²) in [5, 5.41) is 0. The van der Waals surface area contributed by atoms with Crippen molar-refractivity contribution in [1.82, 2.24) is 0 Å². The van der Waals surface area contributed by atoms with E-state index in [9.17, 15) is 9.00 Å². The molecule has 0 heterocycles. The quantitative estimate of drug-likeness (QED) is 0.341. The van der Waals surface area contributed by atoms with E-state index in [1.165, 1.54) is 25.7 Å². The van der Waals surface area contributed by atoms with Crippen LogP contribution in [0.25, 0.3) is 0 Å². The van der Waals surface area contributed by atoms with Gasteiger partial charge in [0.05, 0.1) is 16.4 Å². The van der Waals surface area contributed by atoms with Crippen LogP contribution in [0.15, 0.2) is 0 Å². The molecule has 0 rings (SSSR count). The Bertz CT molecular complexity index is 322. The highest BCUT2D eigenvalue weighted by molar-refractivity contribution is 7.95. The van der Waals surface area contributed by atoms with E-state index in [-0.39, 0.29) is 11.7 Å². The first-order valence-electron chi connectivity index (χ1n) is 7.18. The third-order valence-electron chi connectivity index (χ3n) is 2.86. The van der Waals surface area contributed by atoms with Crippen molar-refractivity contribution in [3.05, 3.63) is 0 Å². The molecule has 0 spiro atoms. The summed E-state index contributed by atoms with van der Waals surface area (Å²) in [5.41, 5.74) is 0. The number of carbonyl (C=O) groups is 1. The van der Waals surface area contributed by atoms with Crippen LogP contribution in [0.3, 0.4) is 0 Å². The van der Waals surface area contributed by atoms with Crippen LogP contribution in [-0.4, -0.2) is 33.0 Å². The second-order valence-corrected chi connectivity index (χ2v) is 6.88. The van der Waals surface area contributed by atoms with Gasteiger partial charge in [-0.3, -0.25) is 4.79 Å². The summed E-state index contributed by atoms with van der Waals surface area (Å²) in [4.78, 5) is 11.4. The van der Waals surface area contributed by atoms with Crippen LogP contribution >= 0.6 is 0 Å². The van der Waals surface area contributed by atoms with Crippen LogP contribution in [0.1, 0.15) is 64.7 Å². The van der Waals surface area contributed by atoms with Gasteiger partial charge >= 0.3 is 5.97 Å². The van der Waals surface area contributed by atoms with Gasteiger partial charge in [-0.05, 0) is 25.1 Å². The molecule has 0 aromatic carbocycles. The molecule has 4 nitrogen and oxygen atoms in total. The molecule has 0 aromatic rings. The van der Waals surface area contributed by atoms with E-state index in [4.69, 9.17) is 9.29 Å². The Morgan fingerprint density at radius 2 is 1.74 bits per heavy atom. The van der Waals surface area contributed by atoms with Gasteiger partial charge in [0.25, 0.3) is 0 Å². The molecule has 5 heteroatoms. The van der Waals surface area contributed by atoms with Crippen LogP contribution in [-0.2, 0) is 19.3 Å². The summed E-state index contributed by atoms with van der Waals surface area (Å²) < 4.78 is 24.9. The largest absolute Gasteiger partial charge is 0.466 e. The average Bonchev–Trinajstić information content (AvgIpc) is 2.31. The van der Waals surface area contributed by atoms with Gasteiger partial charge in [-0.15, -0.1) is 0 Å². The summed E-state index contributed by atoms with van der Waals surface area (Å²) in [5.74, 6) is 3.16. The maximum Gasteiger partial charge on any atom is 0.305 e. The van der Waals surface area contributed by atoms with E-state index in [0.29, 0.717) is 25.9 Å². The lowest BCUT2D eigenvalue weighted by atomic mass is 10.1. The van der Waals surface area contributed by atoms with Gasteiger partial charge in [0.1, 0.15) is 0 Å². The molecule has 0 saturated carbocycles. The van der Waals surface area contributed by atoms with Crippen molar-refractivity contribution in [2.24, 2.45) is 0 Å². The predicted octanol–water partition coefficient (Wildman–Crippen LogP) is 3.25. The Morgan fingerprint density at radius 3 is 2.37 bits per heavy atom. The normalized spacial score (nSPS) is 14.0. The molecular formula is C14H28O4S. The number of ether oxygens (including phenoxy) is 1. The fourth-order valence-corrected chi connectivity index (χ4v) is 2.39.